The lowest BCUT2D eigenvalue weighted by molar-refractivity contribution is -0.120. The van der Waals surface area contributed by atoms with E-state index in [4.69, 9.17) is 9.47 Å². The maximum Gasteiger partial charge on any atom is 0.234 e. The third kappa shape index (κ3) is 5.52. The first-order valence-electron chi connectivity index (χ1n) is 8.16. The van der Waals surface area contributed by atoms with Gasteiger partial charge in [0.1, 0.15) is 10.8 Å². The van der Waals surface area contributed by atoms with Gasteiger partial charge in [-0.15, -0.1) is 11.3 Å². The summed E-state index contributed by atoms with van der Waals surface area (Å²) in [6, 6.07) is 7.74. The van der Waals surface area contributed by atoms with Gasteiger partial charge in [0.2, 0.25) is 5.91 Å². The maximum atomic E-state index is 12.0. The quantitative estimate of drug-likeness (QED) is 0.670. The van der Waals surface area contributed by atoms with E-state index < -0.39 is 0 Å². The number of thiazole rings is 1. The van der Waals surface area contributed by atoms with E-state index in [1.54, 1.807) is 25.6 Å². The number of carbonyl (C=O) groups excluding carboxylic acids is 1. The molecule has 136 valence electrons. The van der Waals surface area contributed by atoms with E-state index in [-0.39, 0.29) is 18.5 Å². The first-order chi connectivity index (χ1) is 12.0. The summed E-state index contributed by atoms with van der Waals surface area (Å²) in [7, 11) is 3.28. The van der Waals surface area contributed by atoms with Crippen LogP contribution in [0.2, 0.25) is 0 Å². The van der Waals surface area contributed by atoms with Crippen molar-refractivity contribution in [2.75, 3.05) is 33.9 Å². The number of nitrogens with one attached hydrogen (secondary N) is 2. The molecule has 7 heteroatoms. The lowest BCUT2D eigenvalue weighted by atomic mass is 10.2. The second kappa shape index (κ2) is 9.50. The zero-order valence-corrected chi connectivity index (χ0v) is 15.9. The Morgan fingerprint density at radius 2 is 2.00 bits per heavy atom. The molecule has 6 nitrogen and oxygen atoms in total. The second-order valence-electron chi connectivity index (χ2n) is 5.66. The van der Waals surface area contributed by atoms with Crippen LogP contribution in [-0.2, 0) is 9.53 Å². The Labute approximate surface area is 152 Å². The predicted octanol–water partition coefficient (Wildman–Crippen LogP) is 2.54. The summed E-state index contributed by atoms with van der Waals surface area (Å²) in [5.74, 6) is 0.779. The molecule has 0 fully saturated rings. The molecule has 2 N–H and O–H groups in total. The average Bonchev–Trinajstić information content (AvgIpc) is 3.00. The summed E-state index contributed by atoms with van der Waals surface area (Å²) < 4.78 is 10.1. The summed E-state index contributed by atoms with van der Waals surface area (Å²) >= 11 is 1.60. The standard InChI is InChI=1S/C18H25N3O3S/c1-12(20-16(22)11-19-9-10-23-3)17-13(2)21-18(25-17)14-5-7-15(24-4)8-6-14/h5-8,12,19H,9-11H2,1-4H3,(H,20,22). The molecule has 1 heterocycles. The van der Waals surface area contributed by atoms with Crippen LogP contribution in [0.25, 0.3) is 10.6 Å². The van der Waals surface area contributed by atoms with Crippen LogP contribution in [0.15, 0.2) is 24.3 Å². The van der Waals surface area contributed by atoms with Crippen LogP contribution in [0.4, 0.5) is 0 Å². The number of methoxy groups -OCH3 is 2. The first kappa shape index (κ1) is 19.4. The summed E-state index contributed by atoms with van der Waals surface area (Å²) in [5, 5.41) is 6.98. The van der Waals surface area contributed by atoms with Gasteiger partial charge in [-0.05, 0) is 38.1 Å². The molecule has 0 aliphatic rings. The minimum absolute atomic E-state index is 0.0394. The monoisotopic (exact) mass is 363 g/mol. The fourth-order valence-corrected chi connectivity index (χ4v) is 3.48. The van der Waals surface area contributed by atoms with E-state index in [9.17, 15) is 4.79 Å². The molecular formula is C18H25N3O3S. The van der Waals surface area contributed by atoms with Gasteiger partial charge in [0.05, 0.1) is 36.9 Å². The van der Waals surface area contributed by atoms with Crippen molar-refractivity contribution in [3.63, 3.8) is 0 Å². The SMILES string of the molecule is COCCNCC(=O)NC(C)c1sc(-c2ccc(OC)cc2)nc1C. The van der Waals surface area contributed by atoms with Gasteiger partial charge in [0.25, 0.3) is 0 Å². The third-order valence-electron chi connectivity index (χ3n) is 3.71. The molecular weight excluding hydrogens is 338 g/mol. The van der Waals surface area contributed by atoms with E-state index in [0.717, 1.165) is 26.9 Å². The van der Waals surface area contributed by atoms with E-state index in [1.165, 1.54) is 0 Å². The highest BCUT2D eigenvalue weighted by molar-refractivity contribution is 7.15. The van der Waals surface area contributed by atoms with Crippen LogP contribution in [0.5, 0.6) is 5.75 Å². The van der Waals surface area contributed by atoms with E-state index in [0.29, 0.717) is 13.2 Å². The Morgan fingerprint density at radius 3 is 2.64 bits per heavy atom. The van der Waals surface area contributed by atoms with Crippen molar-refractivity contribution in [1.29, 1.82) is 0 Å². The summed E-state index contributed by atoms with van der Waals surface area (Å²) in [6.45, 7) is 5.46. The molecule has 1 aromatic carbocycles. The van der Waals surface area contributed by atoms with Crippen LogP contribution in [0, 0.1) is 6.92 Å². The topological polar surface area (TPSA) is 72.5 Å². The zero-order valence-electron chi connectivity index (χ0n) is 15.1. The first-order valence-corrected chi connectivity index (χ1v) is 8.97. The fourth-order valence-electron chi connectivity index (χ4n) is 2.40. The van der Waals surface area contributed by atoms with Gasteiger partial charge in [-0.3, -0.25) is 4.79 Å². The molecule has 0 spiro atoms. The van der Waals surface area contributed by atoms with E-state index >= 15 is 0 Å². The Morgan fingerprint density at radius 1 is 1.28 bits per heavy atom. The molecule has 1 amide bonds. The number of ether oxygens (including phenoxy) is 2. The van der Waals surface area contributed by atoms with Gasteiger partial charge in [-0.1, -0.05) is 0 Å². The molecule has 25 heavy (non-hydrogen) atoms. The molecule has 2 aromatic rings. The molecule has 1 unspecified atom stereocenters. The van der Waals surface area contributed by atoms with E-state index in [2.05, 4.69) is 15.6 Å². The summed E-state index contributed by atoms with van der Waals surface area (Å²) in [5.41, 5.74) is 1.98. The minimum Gasteiger partial charge on any atom is -0.497 e. The zero-order chi connectivity index (χ0) is 18.2. The van der Waals surface area contributed by atoms with Gasteiger partial charge in [-0.25, -0.2) is 4.98 Å². The molecule has 0 saturated heterocycles. The molecule has 0 aliphatic carbocycles. The van der Waals surface area contributed by atoms with Gasteiger partial charge in [0.15, 0.2) is 0 Å². The van der Waals surface area contributed by atoms with Crippen LogP contribution >= 0.6 is 11.3 Å². The molecule has 0 saturated carbocycles. The highest BCUT2D eigenvalue weighted by atomic mass is 32.1. The highest BCUT2D eigenvalue weighted by Crippen LogP contribution is 2.32. The Hall–Kier alpha value is -1.96. The highest BCUT2D eigenvalue weighted by Gasteiger charge is 2.17. The number of nitrogens with zero attached hydrogens (tertiary/aromatic N) is 1. The number of amides is 1. The maximum absolute atomic E-state index is 12.0. The molecule has 0 aliphatic heterocycles. The average molecular weight is 363 g/mol. The van der Waals surface area contributed by atoms with Gasteiger partial charge in [-0.2, -0.15) is 0 Å². The van der Waals surface area contributed by atoms with Crippen LogP contribution < -0.4 is 15.4 Å². The van der Waals surface area contributed by atoms with Crippen molar-refractivity contribution < 1.29 is 14.3 Å². The molecule has 0 radical (unpaired) electrons. The van der Waals surface area contributed by atoms with Crippen molar-refractivity contribution in [3.05, 3.63) is 34.8 Å². The molecule has 1 aromatic heterocycles. The van der Waals surface area contributed by atoms with E-state index in [1.807, 2.05) is 38.1 Å². The number of rotatable bonds is 9. The number of aryl methyl sites for hydroxylation is 1. The van der Waals surface area contributed by atoms with Gasteiger partial charge in [0, 0.05) is 19.2 Å². The number of carbonyl (C=O) groups is 1. The Bertz CT molecular complexity index is 685. The van der Waals surface area contributed by atoms with Crippen LogP contribution in [0.3, 0.4) is 0 Å². The lowest BCUT2D eigenvalue weighted by Gasteiger charge is -2.13. The second-order valence-corrected chi connectivity index (χ2v) is 6.69. The molecule has 2 rings (SSSR count). The lowest BCUT2D eigenvalue weighted by Crippen LogP contribution is -2.36. The smallest absolute Gasteiger partial charge is 0.234 e. The number of aromatic nitrogens is 1. The normalized spacial score (nSPS) is 12.0. The third-order valence-corrected chi connectivity index (χ3v) is 5.10. The van der Waals surface area contributed by atoms with Crippen LogP contribution in [0.1, 0.15) is 23.5 Å². The van der Waals surface area contributed by atoms with Crippen LogP contribution in [-0.4, -0.2) is 44.8 Å². The largest absolute Gasteiger partial charge is 0.497 e. The van der Waals surface area contributed by atoms with Gasteiger partial charge < -0.3 is 20.1 Å². The van der Waals surface area contributed by atoms with Crippen molar-refractivity contribution in [1.82, 2.24) is 15.6 Å². The fraction of sp³-hybridized carbons (Fsp3) is 0.444. The predicted molar refractivity (Wildman–Crippen MR) is 100 cm³/mol. The minimum atomic E-state index is -0.0822. The van der Waals surface area contributed by atoms with Crippen molar-refractivity contribution in [2.45, 2.75) is 19.9 Å². The molecule has 0 bridgehead atoms. The summed E-state index contributed by atoms with van der Waals surface area (Å²) in [4.78, 5) is 17.7. The number of hydrogen-bond donors (Lipinski definition) is 2. The molecule has 1 atom stereocenters. The number of hydrogen-bond acceptors (Lipinski definition) is 6. The van der Waals surface area contributed by atoms with Gasteiger partial charge >= 0.3 is 0 Å². The Kier molecular flexibility index (Phi) is 7.36. The van der Waals surface area contributed by atoms with Crippen molar-refractivity contribution >= 4 is 17.2 Å². The van der Waals surface area contributed by atoms with Crippen molar-refractivity contribution in [2.24, 2.45) is 0 Å². The number of benzene rings is 1. The summed E-state index contributed by atoms with van der Waals surface area (Å²) in [6.07, 6.45) is 0. The Balaban J connectivity index is 1.99. The van der Waals surface area contributed by atoms with Crippen molar-refractivity contribution in [3.8, 4) is 16.3 Å².